The number of nitrogens with zero attached hydrogens (tertiary/aromatic N) is 2. The average molecular weight is 379 g/mol. The van der Waals surface area contributed by atoms with Crippen LogP contribution in [0.25, 0.3) is 0 Å². The van der Waals surface area contributed by atoms with Crippen molar-refractivity contribution in [1.29, 1.82) is 0 Å². The predicted molar refractivity (Wildman–Crippen MR) is 91.0 cm³/mol. The number of anilines is 3. The minimum Gasteiger partial charge on any atom is -0.336 e. The molecule has 0 aliphatic heterocycles. The molecule has 0 aliphatic rings. The van der Waals surface area contributed by atoms with Crippen molar-refractivity contribution < 1.29 is 18.0 Å². The van der Waals surface area contributed by atoms with E-state index in [4.69, 9.17) is 11.6 Å². The Hall–Kier alpha value is -3.13. The molecule has 0 bridgehead atoms. The highest BCUT2D eigenvalue weighted by atomic mass is 35.5. The lowest BCUT2D eigenvalue weighted by molar-refractivity contribution is 0.102. The topological polar surface area (TPSA) is 66.9 Å². The number of rotatable bonds is 4. The molecular formula is C17H10ClF3N4O. The van der Waals surface area contributed by atoms with Gasteiger partial charge in [0.1, 0.15) is 11.5 Å². The number of carbonyl (C=O) groups excluding carboxylic acids is 1. The van der Waals surface area contributed by atoms with Crippen LogP contribution in [0.15, 0.2) is 48.8 Å². The Morgan fingerprint density at radius 2 is 1.81 bits per heavy atom. The molecule has 3 aromatic rings. The first-order chi connectivity index (χ1) is 12.4. The number of amides is 1. The first-order valence-electron chi connectivity index (χ1n) is 7.23. The van der Waals surface area contributed by atoms with Gasteiger partial charge in [-0.15, -0.1) is 0 Å². The van der Waals surface area contributed by atoms with E-state index < -0.39 is 23.4 Å². The molecule has 1 heterocycles. The molecule has 3 rings (SSSR count). The summed E-state index contributed by atoms with van der Waals surface area (Å²) in [6.07, 6.45) is 2.31. The van der Waals surface area contributed by atoms with E-state index in [1.807, 2.05) is 0 Å². The van der Waals surface area contributed by atoms with Gasteiger partial charge in [0.05, 0.1) is 18.1 Å². The summed E-state index contributed by atoms with van der Waals surface area (Å²) in [6.45, 7) is 0. The summed E-state index contributed by atoms with van der Waals surface area (Å²) >= 11 is 5.84. The molecule has 0 saturated carbocycles. The number of hydrogen-bond donors (Lipinski definition) is 2. The molecule has 0 unspecified atom stereocenters. The summed E-state index contributed by atoms with van der Waals surface area (Å²) < 4.78 is 39.8. The van der Waals surface area contributed by atoms with Crippen molar-refractivity contribution in [3.63, 3.8) is 0 Å². The normalized spacial score (nSPS) is 10.5. The Morgan fingerprint density at radius 1 is 1.00 bits per heavy atom. The van der Waals surface area contributed by atoms with Gasteiger partial charge in [-0.3, -0.25) is 4.79 Å². The Kier molecular flexibility index (Phi) is 5.04. The minimum absolute atomic E-state index is 0.00119. The highest BCUT2D eigenvalue weighted by molar-refractivity contribution is 6.30. The molecule has 1 amide bonds. The first-order valence-corrected chi connectivity index (χ1v) is 7.61. The van der Waals surface area contributed by atoms with Crippen LogP contribution in [-0.2, 0) is 0 Å². The fourth-order valence-corrected chi connectivity index (χ4v) is 2.22. The van der Waals surface area contributed by atoms with E-state index in [-0.39, 0.29) is 17.2 Å². The van der Waals surface area contributed by atoms with E-state index in [9.17, 15) is 18.0 Å². The lowest BCUT2D eigenvalue weighted by atomic mass is 10.3. The van der Waals surface area contributed by atoms with E-state index in [2.05, 4.69) is 20.6 Å². The van der Waals surface area contributed by atoms with Gasteiger partial charge < -0.3 is 10.6 Å². The number of benzene rings is 2. The predicted octanol–water partition coefficient (Wildman–Crippen LogP) is 4.54. The summed E-state index contributed by atoms with van der Waals surface area (Å²) in [4.78, 5) is 19.9. The van der Waals surface area contributed by atoms with Crippen molar-refractivity contribution in [2.75, 3.05) is 10.6 Å². The highest BCUT2D eigenvalue weighted by Crippen LogP contribution is 2.22. The van der Waals surface area contributed by atoms with E-state index >= 15 is 0 Å². The Bertz CT molecular complexity index is 967. The lowest BCUT2D eigenvalue weighted by Gasteiger charge is -2.08. The zero-order valence-electron chi connectivity index (χ0n) is 12.9. The second-order valence-electron chi connectivity index (χ2n) is 5.10. The molecule has 0 radical (unpaired) electrons. The second-order valence-corrected chi connectivity index (χ2v) is 5.54. The van der Waals surface area contributed by atoms with Gasteiger partial charge in [0.2, 0.25) is 0 Å². The summed E-state index contributed by atoms with van der Waals surface area (Å²) in [5.74, 6) is -4.75. The molecule has 26 heavy (non-hydrogen) atoms. The van der Waals surface area contributed by atoms with Crippen molar-refractivity contribution in [1.82, 2.24) is 9.97 Å². The van der Waals surface area contributed by atoms with Gasteiger partial charge in [0.25, 0.3) is 5.91 Å². The zero-order chi connectivity index (χ0) is 18.7. The van der Waals surface area contributed by atoms with Crippen LogP contribution < -0.4 is 10.6 Å². The molecule has 9 heteroatoms. The van der Waals surface area contributed by atoms with Crippen molar-refractivity contribution in [2.24, 2.45) is 0 Å². The molecular weight excluding hydrogens is 369 g/mol. The molecule has 0 fully saturated rings. The summed E-state index contributed by atoms with van der Waals surface area (Å²) in [6, 6.07) is 8.35. The Balaban J connectivity index is 1.72. The van der Waals surface area contributed by atoms with Gasteiger partial charge in [-0.05, 0) is 30.3 Å². The summed E-state index contributed by atoms with van der Waals surface area (Å²) in [5, 5.41) is 5.51. The molecule has 5 nitrogen and oxygen atoms in total. The van der Waals surface area contributed by atoms with Gasteiger partial charge in [-0.25, -0.2) is 23.1 Å². The first kappa shape index (κ1) is 17.7. The van der Waals surface area contributed by atoms with Gasteiger partial charge in [0, 0.05) is 10.7 Å². The minimum atomic E-state index is -1.60. The summed E-state index contributed by atoms with van der Waals surface area (Å²) in [5.41, 5.74) is 0.172. The number of nitrogens with one attached hydrogen (secondary N) is 2. The van der Waals surface area contributed by atoms with Gasteiger partial charge in [0.15, 0.2) is 17.5 Å². The van der Waals surface area contributed by atoms with Crippen molar-refractivity contribution in [3.05, 3.63) is 77.0 Å². The van der Waals surface area contributed by atoms with Crippen LogP contribution >= 0.6 is 11.6 Å². The number of carbonyl (C=O) groups is 1. The van der Waals surface area contributed by atoms with Gasteiger partial charge >= 0.3 is 0 Å². The van der Waals surface area contributed by atoms with Gasteiger partial charge in [-0.2, -0.15) is 0 Å². The SMILES string of the molecule is O=C(Nc1cccc(Cl)c1)c1cnc(Nc2ccc(F)c(F)c2F)cn1. The van der Waals surface area contributed by atoms with Crippen LogP contribution in [0.5, 0.6) is 0 Å². The highest BCUT2D eigenvalue weighted by Gasteiger charge is 2.14. The maximum Gasteiger partial charge on any atom is 0.275 e. The average Bonchev–Trinajstić information content (AvgIpc) is 2.63. The van der Waals surface area contributed by atoms with Crippen LogP contribution in [0.3, 0.4) is 0 Å². The zero-order valence-corrected chi connectivity index (χ0v) is 13.7. The third kappa shape index (κ3) is 3.92. The maximum atomic E-state index is 13.6. The fourth-order valence-electron chi connectivity index (χ4n) is 2.03. The number of halogens is 4. The van der Waals surface area contributed by atoms with Crippen LogP contribution in [-0.4, -0.2) is 15.9 Å². The monoisotopic (exact) mass is 378 g/mol. The Labute approximate surface area is 150 Å². The van der Waals surface area contributed by atoms with E-state index in [1.165, 1.54) is 0 Å². The lowest BCUT2D eigenvalue weighted by Crippen LogP contribution is -2.14. The van der Waals surface area contributed by atoms with Crippen LogP contribution in [0.1, 0.15) is 10.5 Å². The molecule has 0 atom stereocenters. The molecule has 0 spiro atoms. The molecule has 132 valence electrons. The van der Waals surface area contributed by atoms with Crippen LogP contribution in [0.4, 0.5) is 30.4 Å². The fraction of sp³-hybridized carbons (Fsp3) is 0. The van der Waals surface area contributed by atoms with Crippen molar-refractivity contribution >= 4 is 34.7 Å². The molecule has 2 N–H and O–H groups in total. The Morgan fingerprint density at radius 3 is 2.50 bits per heavy atom. The van der Waals surface area contributed by atoms with E-state index in [0.29, 0.717) is 10.7 Å². The summed E-state index contributed by atoms with van der Waals surface area (Å²) in [7, 11) is 0. The molecule has 2 aromatic carbocycles. The van der Waals surface area contributed by atoms with Crippen molar-refractivity contribution in [3.8, 4) is 0 Å². The smallest absolute Gasteiger partial charge is 0.275 e. The number of aromatic nitrogens is 2. The van der Waals surface area contributed by atoms with Crippen LogP contribution in [0.2, 0.25) is 5.02 Å². The van der Waals surface area contributed by atoms with E-state index in [1.54, 1.807) is 24.3 Å². The van der Waals surface area contributed by atoms with Crippen LogP contribution in [0, 0.1) is 17.5 Å². The standard InChI is InChI=1S/C17H10ClF3N4O/c18-9-2-1-3-10(6-9)24-17(26)13-7-23-14(8-22-13)25-12-5-4-11(19)15(20)16(12)21/h1-8H,(H,23,25)(H,24,26). The molecule has 1 aromatic heterocycles. The number of hydrogen-bond acceptors (Lipinski definition) is 4. The van der Waals surface area contributed by atoms with Gasteiger partial charge in [-0.1, -0.05) is 17.7 Å². The molecule has 0 saturated heterocycles. The van der Waals surface area contributed by atoms with Crippen molar-refractivity contribution in [2.45, 2.75) is 0 Å². The second kappa shape index (κ2) is 7.40. The largest absolute Gasteiger partial charge is 0.336 e. The maximum absolute atomic E-state index is 13.6. The quantitative estimate of drug-likeness (QED) is 0.654. The third-order valence-corrected chi connectivity index (χ3v) is 3.50. The molecule has 0 aliphatic carbocycles. The third-order valence-electron chi connectivity index (χ3n) is 3.26. The van der Waals surface area contributed by atoms with E-state index in [0.717, 1.165) is 24.5 Å².